The Balaban J connectivity index is 1.51. The summed E-state index contributed by atoms with van der Waals surface area (Å²) in [4.78, 5) is 42.3. The van der Waals surface area contributed by atoms with E-state index in [0.29, 0.717) is 0 Å². The Morgan fingerprint density at radius 2 is 1.71 bits per heavy atom. The van der Waals surface area contributed by atoms with Crippen LogP contribution in [-0.4, -0.2) is 96.1 Å². The van der Waals surface area contributed by atoms with Crippen molar-refractivity contribution in [3.63, 3.8) is 0 Å². The minimum absolute atomic E-state index is 0.0186. The molecule has 1 aliphatic rings. The molecule has 0 aliphatic carbocycles. The van der Waals surface area contributed by atoms with Gasteiger partial charge in [-0.1, -0.05) is 95.3 Å². The third kappa shape index (κ3) is 7.29. The zero-order valence-electron chi connectivity index (χ0n) is 28.5. The van der Waals surface area contributed by atoms with Crippen molar-refractivity contribution in [2.75, 3.05) is 39.2 Å². The van der Waals surface area contributed by atoms with E-state index in [1.165, 1.54) is 6.33 Å². The first-order chi connectivity index (χ1) is 22.8. The molecule has 0 spiro atoms. The van der Waals surface area contributed by atoms with E-state index in [2.05, 4.69) is 65.3 Å². The number of aromatic amines is 1. The van der Waals surface area contributed by atoms with Crippen LogP contribution in [-0.2, 0) is 23.5 Å². The number of hydrogen-bond donors (Lipinski definition) is 3. The SMILES string of the molecule is CC(C)C(=O)Nc1nc2c(ncn2[C@@H]2O[C@H](CO[Si](c3ccccc3)(c3ccccc3)C(C)(C)C)C(O)C2OCCON(C)C)c(=O)[nH]1. The van der Waals surface area contributed by atoms with Gasteiger partial charge in [-0.2, -0.15) is 10.0 Å². The van der Waals surface area contributed by atoms with Crippen LogP contribution in [0.4, 0.5) is 5.95 Å². The highest BCUT2D eigenvalue weighted by Gasteiger charge is 2.53. The van der Waals surface area contributed by atoms with Crippen LogP contribution in [0.2, 0.25) is 5.04 Å². The summed E-state index contributed by atoms with van der Waals surface area (Å²) in [6, 6.07) is 20.5. The van der Waals surface area contributed by atoms with Crippen LogP contribution >= 0.6 is 0 Å². The number of H-pyrrole nitrogens is 1. The maximum atomic E-state index is 13.0. The van der Waals surface area contributed by atoms with Gasteiger partial charge in [-0.3, -0.25) is 29.3 Å². The highest BCUT2D eigenvalue weighted by molar-refractivity contribution is 6.99. The van der Waals surface area contributed by atoms with E-state index in [1.54, 1.807) is 37.6 Å². The molecule has 2 aromatic carbocycles. The van der Waals surface area contributed by atoms with E-state index in [4.69, 9.17) is 18.7 Å². The largest absolute Gasteiger partial charge is 0.405 e. The minimum Gasteiger partial charge on any atom is -0.405 e. The number of aliphatic hydroxyl groups is 1. The van der Waals surface area contributed by atoms with Crippen molar-refractivity contribution in [1.29, 1.82) is 0 Å². The summed E-state index contributed by atoms with van der Waals surface area (Å²) in [5.41, 5.74) is -0.307. The van der Waals surface area contributed by atoms with Crippen LogP contribution in [0.5, 0.6) is 0 Å². The van der Waals surface area contributed by atoms with Gasteiger partial charge in [0.05, 0.1) is 26.1 Å². The molecule has 4 aromatic rings. The van der Waals surface area contributed by atoms with Crippen LogP contribution in [0.1, 0.15) is 40.8 Å². The first-order valence-electron chi connectivity index (χ1n) is 16.1. The maximum absolute atomic E-state index is 13.0. The van der Waals surface area contributed by atoms with Gasteiger partial charge >= 0.3 is 0 Å². The highest BCUT2D eigenvalue weighted by Crippen LogP contribution is 2.39. The second-order valence-corrected chi connectivity index (χ2v) is 17.7. The smallest absolute Gasteiger partial charge is 0.280 e. The third-order valence-electron chi connectivity index (χ3n) is 8.41. The second-order valence-electron chi connectivity index (χ2n) is 13.4. The van der Waals surface area contributed by atoms with Crippen molar-refractivity contribution in [1.82, 2.24) is 24.6 Å². The molecule has 0 saturated carbocycles. The normalized spacial score (nSPS) is 20.2. The first kappa shape index (κ1) is 35.5. The molecule has 14 heteroatoms. The van der Waals surface area contributed by atoms with Gasteiger partial charge in [-0.05, 0) is 15.4 Å². The summed E-state index contributed by atoms with van der Waals surface area (Å²) in [6.45, 7) is 10.5. The van der Waals surface area contributed by atoms with E-state index in [9.17, 15) is 14.7 Å². The number of imidazole rings is 1. The number of hydroxylamine groups is 2. The Bertz CT molecular complexity index is 1690. The minimum atomic E-state index is -2.96. The van der Waals surface area contributed by atoms with E-state index in [1.807, 2.05) is 36.4 Å². The number of rotatable bonds is 13. The molecule has 1 saturated heterocycles. The van der Waals surface area contributed by atoms with Crippen LogP contribution in [0.3, 0.4) is 0 Å². The Morgan fingerprint density at radius 3 is 2.27 bits per heavy atom. The molecule has 1 amide bonds. The number of aromatic nitrogens is 4. The predicted octanol–water partition coefficient (Wildman–Crippen LogP) is 2.43. The molecular formula is C34H46N6O7Si. The number of anilines is 1. The standard InChI is InChI=1S/C34H46N6O7Si/c1-22(2)30(42)37-33-36-29-26(31(43)38-33)35-21-40(29)32-28(44-18-19-45-39(6)7)27(41)25(47-32)20-46-48(34(3,4)5,23-14-10-8-11-15-23)24-16-12-9-13-17-24/h8-17,21-22,25,27-28,32,41H,18-20H2,1-7H3,(H2,36,37,38,42,43)/t25-,27?,28?,32-/m1/s1. The average Bonchev–Trinajstić information content (AvgIpc) is 3.60. The Kier molecular flexibility index (Phi) is 10.9. The zero-order valence-corrected chi connectivity index (χ0v) is 29.5. The summed E-state index contributed by atoms with van der Waals surface area (Å²) in [7, 11) is 0.579. The molecule has 3 N–H and O–H groups in total. The molecule has 3 heterocycles. The number of nitrogens with one attached hydrogen (secondary N) is 2. The lowest BCUT2D eigenvalue weighted by molar-refractivity contribution is -0.150. The summed E-state index contributed by atoms with van der Waals surface area (Å²) in [5, 5.41) is 17.9. The van der Waals surface area contributed by atoms with E-state index >= 15 is 0 Å². The van der Waals surface area contributed by atoms with Gasteiger partial charge in [-0.15, -0.1) is 0 Å². The number of ether oxygens (including phenoxy) is 2. The highest BCUT2D eigenvalue weighted by atomic mass is 28.4. The van der Waals surface area contributed by atoms with Crippen LogP contribution < -0.4 is 21.2 Å². The van der Waals surface area contributed by atoms with Crippen molar-refractivity contribution in [3.05, 3.63) is 77.3 Å². The lowest BCUT2D eigenvalue weighted by Crippen LogP contribution is -2.67. The number of benzene rings is 2. The van der Waals surface area contributed by atoms with Crippen molar-refractivity contribution < 1.29 is 28.6 Å². The summed E-state index contributed by atoms with van der Waals surface area (Å²) < 4.78 is 21.4. The predicted molar refractivity (Wildman–Crippen MR) is 184 cm³/mol. The number of carbonyl (C=O) groups excluding carboxylic acids is 1. The van der Waals surface area contributed by atoms with Crippen LogP contribution in [0, 0.1) is 5.92 Å². The molecule has 1 aliphatic heterocycles. The molecule has 4 atom stereocenters. The fourth-order valence-electron chi connectivity index (χ4n) is 6.07. The van der Waals surface area contributed by atoms with Gasteiger partial charge in [0.15, 0.2) is 17.4 Å². The molecule has 2 aromatic heterocycles. The van der Waals surface area contributed by atoms with E-state index < -0.39 is 38.4 Å². The molecule has 5 rings (SSSR count). The van der Waals surface area contributed by atoms with E-state index in [-0.39, 0.29) is 53.8 Å². The topological polar surface area (TPSA) is 153 Å². The van der Waals surface area contributed by atoms with Crippen molar-refractivity contribution in [3.8, 4) is 0 Å². The van der Waals surface area contributed by atoms with Gasteiger partial charge < -0.3 is 19.0 Å². The number of aliphatic hydroxyl groups excluding tert-OH is 1. The summed E-state index contributed by atoms with van der Waals surface area (Å²) in [5.74, 6) is -0.656. The number of fused-ring (bicyclic) bond motifs is 1. The first-order valence-corrected chi connectivity index (χ1v) is 18.0. The Morgan fingerprint density at radius 1 is 1.08 bits per heavy atom. The molecule has 0 bridgehead atoms. The van der Waals surface area contributed by atoms with Gasteiger partial charge in [0.1, 0.15) is 18.3 Å². The molecule has 48 heavy (non-hydrogen) atoms. The van der Waals surface area contributed by atoms with Crippen LogP contribution in [0.25, 0.3) is 11.2 Å². The Labute approximate surface area is 281 Å². The summed E-state index contributed by atoms with van der Waals surface area (Å²) in [6.07, 6.45) is -2.32. The quantitative estimate of drug-likeness (QED) is 0.109. The monoisotopic (exact) mass is 678 g/mol. The van der Waals surface area contributed by atoms with Gasteiger partial charge in [-0.25, -0.2) is 4.98 Å². The molecule has 2 unspecified atom stereocenters. The maximum Gasteiger partial charge on any atom is 0.280 e. The summed E-state index contributed by atoms with van der Waals surface area (Å²) >= 11 is 0. The molecule has 258 valence electrons. The average molecular weight is 679 g/mol. The molecule has 1 fully saturated rings. The third-order valence-corrected chi connectivity index (χ3v) is 13.4. The second kappa shape index (κ2) is 14.8. The van der Waals surface area contributed by atoms with Gasteiger partial charge in [0.2, 0.25) is 11.9 Å². The fourth-order valence-corrected chi connectivity index (χ4v) is 10.6. The van der Waals surface area contributed by atoms with Gasteiger partial charge in [0.25, 0.3) is 13.9 Å². The molecule has 13 nitrogen and oxygen atoms in total. The van der Waals surface area contributed by atoms with Crippen molar-refractivity contribution in [2.45, 2.75) is 64.2 Å². The molecular weight excluding hydrogens is 632 g/mol. The van der Waals surface area contributed by atoms with E-state index in [0.717, 1.165) is 10.4 Å². The van der Waals surface area contributed by atoms with Gasteiger partial charge in [0, 0.05) is 20.0 Å². The number of hydrogen-bond acceptors (Lipinski definition) is 10. The lowest BCUT2D eigenvalue weighted by atomic mass is 10.1. The van der Waals surface area contributed by atoms with Crippen LogP contribution in [0.15, 0.2) is 71.8 Å². The zero-order chi connectivity index (χ0) is 34.6. The Hall–Kier alpha value is -3.76. The fraction of sp³-hybridized carbons (Fsp3) is 0.471. The number of amides is 1. The van der Waals surface area contributed by atoms with Crippen molar-refractivity contribution >= 4 is 41.7 Å². The number of nitrogens with zero attached hydrogens (tertiary/aromatic N) is 4. The lowest BCUT2D eigenvalue weighted by Gasteiger charge is -2.43. The van der Waals surface area contributed by atoms with Crippen molar-refractivity contribution in [2.24, 2.45) is 5.92 Å². The molecule has 0 radical (unpaired) electrons. The number of carbonyl (C=O) groups is 1.